The molecule has 1 aliphatic rings. The highest BCUT2D eigenvalue weighted by atomic mass is 32.1. The third kappa shape index (κ3) is 3.71. The maximum absolute atomic E-state index is 12.9. The van der Waals surface area contributed by atoms with Crippen molar-refractivity contribution in [2.24, 2.45) is 0 Å². The highest BCUT2D eigenvalue weighted by Crippen LogP contribution is 2.34. The molecule has 0 radical (unpaired) electrons. The van der Waals surface area contributed by atoms with Gasteiger partial charge in [-0.1, -0.05) is 53.8 Å². The minimum atomic E-state index is -0.398. The monoisotopic (exact) mass is 443 g/mol. The summed E-state index contributed by atoms with van der Waals surface area (Å²) >= 11 is 1.43. The molecule has 1 unspecified atom stereocenters. The van der Waals surface area contributed by atoms with Crippen molar-refractivity contribution >= 4 is 28.2 Å². The van der Waals surface area contributed by atoms with Crippen molar-refractivity contribution in [3.05, 3.63) is 78.8 Å². The molecule has 1 N–H and O–H groups in total. The first-order valence-electron chi connectivity index (χ1n) is 10.3. The van der Waals surface area contributed by atoms with Crippen molar-refractivity contribution in [3.8, 4) is 27.3 Å². The second-order valence-electron chi connectivity index (χ2n) is 7.57. The van der Waals surface area contributed by atoms with E-state index in [1.807, 2.05) is 36.4 Å². The van der Waals surface area contributed by atoms with Crippen molar-refractivity contribution in [1.82, 2.24) is 9.55 Å². The van der Waals surface area contributed by atoms with Crippen LogP contribution >= 0.6 is 11.3 Å². The predicted octanol–water partition coefficient (Wildman–Crippen LogP) is 5.44. The van der Waals surface area contributed by atoms with E-state index >= 15 is 0 Å². The molecule has 32 heavy (non-hydrogen) atoms. The van der Waals surface area contributed by atoms with Crippen LogP contribution in [0.15, 0.2) is 73.1 Å². The van der Waals surface area contributed by atoms with Gasteiger partial charge in [-0.25, -0.2) is 4.98 Å². The fourth-order valence-corrected chi connectivity index (χ4v) is 4.87. The summed E-state index contributed by atoms with van der Waals surface area (Å²) in [5.74, 6) is 0.757. The van der Waals surface area contributed by atoms with E-state index < -0.39 is 6.04 Å². The molecular formula is C25H21N3O3S. The molecule has 3 heterocycles. The Morgan fingerprint density at radius 2 is 1.88 bits per heavy atom. The standard InChI is InChI=1S/C25H21N3O3S/c1-31-22-7-3-2-5-18(22)16-8-10-17(11-9-16)23-15-26-25(32-23)27-24(30)20-12-13-21(29)19-6-4-14-28(19)20/h2-11,14-15,20H,12-13H2,1H3,(H,26,27,30). The van der Waals surface area contributed by atoms with Crippen molar-refractivity contribution in [2.45, 2.75) is 18.9 Å². The SMILES string of the molecule is COc1ccccc1-c1ccc(-c2cnc(NC(=O)C3CCC(=O)c4cccn43)s2)cc1. The minimum Gasteiger partial charge on any atom is -0.496 e. The lowest BCUT2D eigenvalue weighted by Crippen LogP contribution is -2.31. The number of thiazole rings is 1. The van der Waals surface area contributed by atoms with Crippen LogP contribution in [0.4, 0.5) is 5.13 Å². The van der Waals surface area contributed by atoms with Gasteiger partial charge in [0.1, 0.15) is 11.8 Å². The topological polar surface area (TPSA) is 73.2 Å². The lowest BCUT2D eigenvalue weighted by Gasteiger charge is -2.24. The summed E-state index contributed by atoms with van der Waals surface area (Å²) in [7, 11) is 1.67. The number of nitrogens with zero attached hydrogens (tertiary/aromatic N) is 2. The molecule has 1 amide bonds. The van der Waals surface area contributed by atoms with E-state index in [1.54, 1.807) is 36.2 Å². The third-order valence-corrected chi connectivity index (χ3v) is 6.63. The number of benzene rings is 2. The number of amides is 1. The summed E-state index contributed by atoms with van der Waals surface area (Å²) < 4.78 is 7.22. The zero-order valence-electron chi connectivity index (χ0n) is 17.4. The number of Topliss-reactive ketones (excluding diaryl/α,β-unsaturated/α-hetero) is 1. The van der Waals surface area contributed by atoms with Crippen molar-refractivity contribution in [2.75, 3.05) is 12.4 Å². The van der Waals surface area contributed by atoms with Crippen LogP contribution in [0.1, 0.15) is 29.4 Å². The van der Waals surface area contributed by atoms with Crippen molar-refractivity contribution < 1.29 is 14.3 Å². The number of ether oxygens (including phenoxy) is 1. The molecule has 5 rings (SSSR count). The Morgan fingerprint density at radius 1 is 1.09 bits per heavy atom. The van der Waals surface area contributed by atoms with Crippen LogP contribution in [0.5, 0.6) is 5.75 Å². The predicted molar refractivity (Wildman–Crippen MR) is 125 cm³/mol. The van der Waals surface area contributed by atoms with Gasteiger partial charge in [0, 0.05) is 24.4 Å². The summed E-state index contributed by atoms with van der Waals surface area (Å²) in [5.41, 5.74) is 3.72. The molecular weight excluding hydrogens is 422 g/mol. The van der Waals surface area contributed by atoms with Gasteiger partial charge in [-0.2, -0.15) is 0 Å². The fourth-order valence-electron chi connectivity index (χ4n) is 4.05. The van der Waals surface area contributed by atoms with Gasteiger partial charge in [-0.3, -0.25) is 9.59 Å². The second-order valence-corrected chi connectivity index (χ2v) is 8.61. The first kappa shape index (κ1) is 20.2. The third-order valence-electron chi connectivity index (χ3n) is 5.67. The second kappa shape index (κ2) is 8.43. The molecule has 2 aromatic carbocycles. The highest BCUT2D eigenvalue weighted by Gasteiger charge is 2.29. The maximum atomic E-state index is 12.9. The van der Waals surface area contributed by atoms with Gasteiger partial charge in [0.25, 0.3) is 0 Å². The molecule has 1 aliphatic heterocycles. The van der Waals surface area contributed by atoms with E-state index in [-0.39, 0.29) is 11.7 Å². The number of anilines is 1. The largest absolute Gasteiger partial charge is 0.496 e. The molecule has 2 aromatic heterocycles. The van der Waals surface area contributed by atoms with Gasteiger partial charge in [0.05, 0.1) is 17.7 Å². The van der Waals surface area contributed by atoms with E-state index in [4.69, 9.17) is 4.74 Å². The minimum absolute atomic E-state index is 0.0761. The first-order chi connectivity index (χ1) is 15.6. The molecule has 0 spiro atoms. The van der Waals surface area contributed by atoms with Crippen LogP contribution in [0.2, 0.25) is 0 Å². The lowest BCUT2D eigenvalue weighted by atomic mass is 10.0. The van der Waals surface area contributed by atoms with Crippen LogP contribution in [-0.4, -0.2) is 28.4 Å². The van der Waals surface area contributed by atoms with Crippen LogP contribution < -0.4 is 10.1 Å². The summed E-state index contributed by atoms with van der Waals surface area (Å²) in [4.78, 5) is 30.2. The molecule has 0 bridgehead atoms. The van der Waals surface area contributed by atoms with Gasteiger partial charge < -0.3 is 14.6 Å². The average Bonchev–Trinajstić information content (AvgIpc) is 3.50. The van der Waals surface area contributed by atoms with Crippen LogP contribution in [0, 0.1) is 0 Å². The molecule has 6 nitrogen and oxygen atoms in total. The molecule has 0 saturated heterocycles. The number of ketones is 1. The van der Waals surface area contributed by atoms with E-state index in [0.717, 1.165) is 27.3 Å². The molecule has 0 saturated carbocycles. The Morgan fingerprint density at radius 3 is 2.69 bits per heavy atom. The van der Waals surface area contributed by atoms with Crippen LogP contribution in [0.3, 0.4) is 0 Å². The lowest BCUT2D eigenvalue weighted by molar-refractivity contribution is -0.119. The van der Waals surface area contributed by atoms with E-state index in [1.165, 1.54) is 11.3 Å². The number of rotatable bonds is 5. The number of aromatic nitrogens is 2. The summed E-state index contributed by atoms with van der Waals surface area (Å²) in [6, 6.07) is 19.3. The Kier molecular flexibility index (Phi) is 5.33. The molecule has 0 aliphatic carbocycles. The first-order valence-corrected chi connectivity index (χ1v) is 11.2. The van der Waals surface area contributed by atoms with Gasteiger partial charge in [0.2, 0.25) is 5.91 Å². The molecule has 1 atom stereocenters. The van der Waals surface area contributed by atoms with Crippen LogP contribution in [0.25, 0.3) is 21.6 Å². The number of carbonyl (C=O) groups is 2. The van der Waals surface area contributed by atoms with Crippen LogP contribution in [-0.2, 0) is 4.79 Å². The number of fused-ring (bicyclic) bond motifs is 1. The van der Waals surface area contributed by atoms with Crippen molar-refractivity contribution in [1.29, 1.82) is 0 Å². The quantitative estimate of drug-likeness (QED) is 0.446. The normalized spacial score (nSPS) is 15.3. The number of carbonyl (C=O) groups excluding carboxylic acids is 2. The fraction of sp³-hybridized carbons (Fsp3) is 0.160. The number of nitrogens with one attached hydrogen (secondary N) is 1. The molecule has 4 aromatic rings. The van der Waals surface area contributed by atoms with Gasteiger partial charge in [0.15, 0.2) is 10.9 Å². The van der Waals surface area contributed by atoms with E-state index in [2.05, 4.69) is 22.4 Å². The Labute approximate surface area is 189 Å². The average molecular weight is 444 g/mol. The summed E-state index contributed by atoms with van der Waals surface area (Å²) in [6.45, 7) is 0. The Bertz CT molecular complexity index is 1290. The Balaban J connectivity index is 1.32. The number of methoxy groups -OCH3 is 1. The summed E-state index contributed by atoms with van der Waals surface area (Å²) in [6.07, 6.45) is 4.43. The number of para-hydroxylation sites is 1. The molecule has 7 heteroatoms. The zero-order chi connectivity index (χ0) is 22.1. The highest BCUT2D eigenvalue weighted by molar-refractivity contribution is 7.19. The Hall–Kier alpha value is -3.71. The summed E-state index contributed by atoms with van der Waals surface area (Å²) in [5, 5.41) is 3.47. The smallest absolute Gasteiger partial charge is 0.249 e. The number of hydrogen-bond acceptors (Lipinski definition) is 5. The van der Waals surface area contributed by atoms with Gasteiger partial charge >= 0.3 is 0 Å². The van der Waals surface area contributed by atoms with Gasteiger partial charge in [-0.15, -0.1) is 0 Å². The van der Waals surface area contributed by atoms with E-state index in [0.29, 0.717) is 23.7 Å². The zero-order valence-corrected chi connectivity index (χ0v) is 18.3. The molecule has 0 fully saturated rings. The van der Waals surface area contributed by atoms with E-state index in [9.17, 15) is 9.59 Å². The molecule has 160 valence electrons. The van der Waals surface area contributed by atoms with Crippen molar-refractivity contribution in [3.63, 3.8) is 0 Å². The maximum Gasteiger partial charge on any atom is 0.249 e. The van der Waals surface area contributed by atoms with Gasteiger partial charge in [-0.05, 0) is 35.7 Å². The number of hydrogen-bond donors (Lipinski definition) is 1.